The summed E-state index contributed by atoms with van der Waals surface area (Å²) in [6.07, 6.45) is 0. The molecule has 1 aromatic carbocycles. The largest absolute Gasteiger partial charge is 0.397 e. The zero-order valence-corrected chi connectivity index (χ0v) is 11.0. The number of nitrogen functional groups attached to an aromatic ring is 1. The van der Waals surface area contributed by atoms with Crippen molar-refractivity contribution in [3.05, 3.63) is 18.2 Å². The number of sulfonamides is 1. The van der Waals surface area contributed by atoms with Gasteiger partial charge in [-0.25, -0.2) is 8.42 Å². The summed E-state index contributed by atoms with van der Waals surface area (Å²) in [5.41, 5.74) is 6.93. The van der Waals surface area contributed by atoms with Crippen LogP contribution in [0.4, 0.5) is 11.4 Å². The fourth-order valence-electron chi connectivity index (χ4n) is 1.86. The Morgan fingerprint density at radius 3 is 2.56 bits per heavy atom. The Morgan fingerprint density at radius 2 is 2.00 bits per heavy atom. The molecule has 0 aromatic heterocycles. The molecule has 3 N–H and O–H groups in total. The molecule has 1 aromatic rings. The van der Waals surface area contributed by atoms with Crippen LogP contribution in [0.25, 0.3) is 0 Å². The number of morpholine rings is 1. The molecule has 100 valence electrons. The highest BCUT2D eigenvalue weighted by Gasteiger charge is 2.26. The highest BCUT2D eigenvalue weighted by Crippen LogP contribution is 2.24. The van der Waals surface area contributed by atoms with Gasteiger partial charge in [-0.3, -0.25) is 0 Å². The zero-order valence-electron chi connectivity index (χ0n) is 10.2. The molecule has 1 aliphatic heterocycles. The molecule has 0 aliphatic carbocycles. The summed E-state index contributed by atoms with van der Waals surface area (Å²) < 4.78 is 31.2. The predicted molar refractivity (Wildman–Crippen MR) is 70.0 cm³/mol. The van der Waals surface area contributed by atoms with Crippen molar-refractivity contribution >= 4 is 21.4 Å². The van der Waals surface area contributed by atoms with E-state index >= 15 is 0 Å². The lowest BCUT2D eigenvalue weighted by Gasteiger charge is -2.26. The predicted octanol–water partition coefficient (Wildman–Crippen LogP) is 0.331. The van der Waals surface area contributed by atoms with Gasteiger partial charge in [-0.05, 0) is 18.2 Å². The molecular weight excluding hydrogens is 254 g/mol. The topological polar surface area (TPSA) is 84.7 Å². The van der Waals surface area contributed by atoms with E-state index in [1.807, 2.05) is 0 Å². The van der Waals surface area contributed by atoms with Crippen LogP contribution in [0.3, 0.4) is 0 Å². The number of nitrogens with two attached hydrogens (primary N) is 1. The van der Waals surface area contributed by atoms with Crippen LogP contribution >= 0.6 is 0 Å². The molecule has 0 radical (unpaired) electrons. The van der Waals surface area contributed by atoms with E-state index in [0.717, 1.165) is 5.69 Å². The van der Waals surface area contributed by atoms with Gasteiger partial charge in [0, 0.05) is 20.1 Å². The van der Waals surface area contributed by atoms with Gasteiger partial charge in [0.2, 0.25) is 10.0 Å². The van der Waals surface area contributed by atoms with Crippen molar-refractivity contribution < 1.29 is 13.2 Å². The monoisotopic (exact) mass is 271 g/mol. The Kier molecular flexibility index (Phi) is 3.74. The second kappa shape index (κ2) is 5.13. The van der Waals surface area contributed by atoms with E-state index in [0.29, 0.717) is 32.0 Å². The number of anilines is 2. The zero-order chi connectivity index (χ0) is 13.2. The third-order valence-corrected chi connectivity index (χ3v) is 4.79. The lowest BCUT2D eigenvalue weighted by Crippen LogP contribution is -2.40. The third kappa shape index (κ3) is 2.43. The SMILES string of the molecule is CNc1ccc(S(=O)(=O)N2CCOCC2)cc1N. The van der Waals surface area contributed by atoms with Gasteiger partial charge in [0.1, 0.15) is 0 Å². The first kappa shape index (κ1) is 13.1. The standard InChI is InChI=1S/C11H17N3O3S/c1-13-11-3-2-9(8-10(11)12)18(15,16)14-4-6-17-7-5-14/h2-3,8,13H,4-7,12H2,1H3. The van der Waals surface area contributed by atoms with Crippen LogP contribution < -0.4 is 11.1 Å². The molecule has 0 spiro atoms. The van der Waals surface area contributed by atoms with Gasteiger partial charge in [-0.1, -0.05) is 0 Å². The van der Waals surface area contributed by atoms with E-state index in [9.17, 15) is 8.42 Å². The van der Waals surface area contributed by atoms with Crippen molar-refractivity contribution in [3.63, 3.8) is 0 Å². The fourth-order valence-corrected chi connectivity index (χ4v) is 3.31. The minimum absolute atomic E-state index is 0.223. The summed E-state index contributed by atoms with van der Waals surface area (Å²) in [6, 6.07) is 4.71. The molecule has 0 amide bonds. The lowest BCUT2D eigenvalue weighted by molar-refractivity contribution is 0.0730. The number of nitrogens with one attached hydrogen (secondary N) is 1. The molecule has 7 heteroatoms. The van der Waals surface area contributed by atoms with Crippen LogP contribution in [0, 0.1) is 0 Å². The number of ether oxygens (including phenoxy) is 1. The second-order valence-corrected chi connectivity index (χ2v) is 5.95. The third-order valence-electron chi connectivity index (χ3n) is 2.90. The highest BCUT2D eigenvalue weighted by molar-refractivity contribution is 7.89. The summed E-state index contributed by atoms with van der Waals surface area (Å²) in [5, 5.41) is 2.90. The average molecular weight is 271 g/mol. The van der Waals surface area contributed by atoms with Gasteiger partial charge in [-0.15, -0.1) is 0 Å². The minimum Gasteiger partial charge on any atom is -0.397 e. The summed E-state index contributed by atoms with van der Waals surface area (Å²) in [5.74, 6) is 0. The first-order valence-corrected chi connectivity index (χ1v) is 7.15. The first-order chi connectivity index (χ1) is 8.55. The van der Waals surface area contributed by atoms with Crippen molar-refractivity contribution in [1.29, 1.82) is 0 Å². The number of hydrogen-bond acceptors (Lipinski definition) is 5. The quantitative estimate of drug-likeness (QED) is 0.774. The maximum absolute atomic E-state index is 12.3. The van der Waals surface area contributed by atoms with Gasteiger partial charge in [0.25, 0.3) is 0 Å². The van der Waals surface area contributed by atoms with E-state index in [1.54, 1.807) is 19.2 Å². The number of benzene rings is 1. The average Bonchev–Trinajstić information content (AvgIpc) is 2.39. The molecule has 0 bridgehead atoms. The van der Waals surface area contributed by atoms with Crippen molar-refractivity contribution in [2.24, 2.45) is 0 Å². The molecule has 18 heavy (non-hydrogen) atoms. The van der Waals surface area contributed by atoms with Gasteiger partial charge in [-0.2, -0.15) is 4.31 Å². The van der Waals surface area contributed by atoms with Crippen molar-refractivity contribution in [2.45, 2.75) is 4.90 Å². The summed E-state index contributed by atoms with van der Waals surface area (Å²) in [6.45, 7) is 1.64. The molecule has 0 saturated carbocycles. The number of nitrogens with zero attached hydrogens (tertiary/aromatic N) is 1. The normalized spacial score (nSPS) is 17.6. The molecule has 0 atom stereocenters. The van der Waals surface area contributed by atoms with Crippen LogP contribution in [0.2, 0.25) is 0 Å². The fraction of sp³-hybridized carbons (Fsp3) is 0.455. The minimum atomic E-state index is -3.46. The smallest absolute Gasteiger partial charge is 0.243 e. The van der Waals surface area contributed by atoms with Gasteiger partial charge in [0.05, 0.1) is 29.5 Å². The van der Waals surface area contributed by atoms with Crippen molar-refractivity contribution in [3.8, 4) is 0 Å². The number of hydrogen-bond donors (Lipinski definition) is 2. The lowest BCUT2D eigenvalue weighted by atomic mass is 10.3. The maximum atomic E-state index is 12.3. The molecule has 1 aliphatic rings. The molecule has 1 heterocycles. The van der Waals surface area contributed by atoms with Gasteiger partial charge < -0.3 is 15.8 Å². The van der Waals surface area contributed by atoms with E-state index in [-0.39, 0.29) is 4.90 Å². The molecule has 1 saturated heterocycles. The van der Waals surface area contributed by atoms with Gasteiger partial charge >= 0.3 is 0 Å². The first-order valence-electron chi connectivity index (χ1n) is 5.71. The molecule has 0 unspecified atom stereocenters. The molecule has 1 fully saturated rings. The number of rotatable bonds is 3. The molecule has 6 nitrogen and oxygen atoms in total. The Morgan fingerprint density at radius 1 is 1.33 bits per heavy atom. The van der Waals surface area contributed by atoms with Crippen molar-refractivity contribution in [1.82, 2.24) is 4.31 Å². The molecule has 2 rings (SSSR count). The van der Waals surface area contributed by atoms with Crippen LogP contribution in [0.1, 0.15) is 0 Å². The van der Waals surface area contributed by atoms with E-state index in [2.05, 4.69) is 5.32 Å². The summed E-state index contributed by atoms with van der Waals surface area (Å²) in [7, 11) is -1.73. The van der Waals surface area contributed by atoms with Crippen LogP contribution in [0.15, 0.2) is 23.1 Å². The van der Waals surface area contributed by atoms with Crippen LogP contribution in [-0.4, -0.2) is 46.1 Å². The van der Waals surface area contributed by atoms with Gasteiger partial charge in [0.15, 0.2) is 0 Å². The van der Waals surface area contributed by atoms with E-state index < -0.39 is 10.0 Å². The summed E-state index contributed by atoms with van der Waals surface area (Å²) >= 11 is 0. The Bertz CT molecular complexity index is 524. The second-order valence-electron chi connectivity index (χ2n) is 4.02. The Labute approximate surface area is 107 Å². The van der Waals surface area contributed by atoms with Crippen LogP contribution in [-0.2, 0) is 14.8 Å². The van der Waals surface area contributed by atoms with E-state index in [4.69, 9.17) is 10.5 Å². The Hall–Kier alpha value is -1.31. The van der Waals surface area contributed by atoms with E-state index in [1.165, 1.54) is 10.4 Å². The molecular formula is C11H17N3O3S. The van der Waals surface area contributed by atoms with Crippen molar-refractivity contribution in [2.75, 3.05) is 44.4 Å². The Balaban J connectivity index is 2.32. The summed E-state index contributed by atoms with van der Waals surface area (Å²) in [4.78, 5) is 0.223. The van der Waals surface area contributed by atoms with Crippen LogP contribution in [0.5, 0.6) is 0 Å². The maximum Gasteiger partial charge on any atom is 0.243 e. The highest BCUT2D eigenvalue weighted by atomic mass is 32.2.